The van der Waals surface area contributed by atoms with Crippen LogP contribution >= 0.6 is 11.8 Å². The molecular formula is C59H36N4S. The molecule has 5 heteroatoms. The molecule has 0 saturated heterocycles. The van der Waals surface area contributed by atoms with Gasteiger partial charge in [0.25, 0.3) is 0 Å². The lowest BCUT2D eigenvalue weighted by atomic mass is 9.67. The van der Waals surface area contributed by atoms with E-state index in [0.717, 1.165) is 55.4 Å². The maximum absolute atomic E-state index is 5.40. The van der Waals surface area contributed by atoms with Crippen LogP contribution in [0.15, 0.2) is 228 Å². The van der Waals surface area contributed by atoms with Crippen molar-refractivity contribution in [2.45, 2.75) is 15.2 Å². The molecule has 9 aromatic carbocycles. The summed E-state index contributed by atoms with van der Waals surface area (Å²) in [4.78, 5) is 22.7. The number of rotatable bonds is 5. The fourth-order valence-corrected chi connectivity index (χ4v) is 11.3. The van der Waals surface area contributed by atoms with Gasteiger partial charge in [0.2, 0.25) is 0 Å². The van der Waals surface area contributed by atoms with Crippen LogP contribution in [-0.2, 0) is 5.41 Å². The minimum Gasteiger partial charge on any atom is -0.247 e. The molecule has 3 heterocycles. The zero-order chi connectivity index (χ0) is 42.2. The van der Waals surface area contributed by atoms with Gasteiger partial charge < -0.3 is 0 Å². The molecule has 298 valence electrons. The van der Waals surface area contributed by atoms with Gasteiger partial charge in [0, 0.05) is 42.8 Å². The smallest absolute Gasteiger partial charge is 0.164 e. The Kier molecular flexibility index (Phi) is 8.33. The predicted molar refractivity (Wildman–Crippen MR) is 261 cm³/mol. The maximum Gasteiger partial charge on any atom is 0.164 e. The zero-order valence-corrected chi connectivity index (χ0v) is 35.3. The Morgan fingerprint density at radius 3 is 1.38 bits per heavy atom. The third kappa shape index (κ3) is 5.64. The van der Waals surface area contributed by atoms with Crippen molar-refractivity contribution in [3.63, 3.8) is 0 Å². The summed E-state index contributed by atoms with van der Waals surface area (Å²) >= 11 is 1.87. The van der Waals surface area contributed by atoms with Gasteiger partial charge in [0.1, 0.15) is 0 Å². The van der Waals surface area contributed by atoms with Gasteiger partial charge >= 0.3 is 0 Å². The number of pyridine rings is 1. The van der Waals surface area contributed by atoms with Crippen LogP contribution in [0.2, 0.25) is 0 Å². The molecule has 0 atom stereocenters. The third-order valence-electron chi connectivity index (χ3n) is 13.0. The Labute approximate surface area is 375 Å². The maximum atomic E-state index is 5.40. The molecule has 64 heavy (non-hydrogen) atoms. The molecule has 0 saturated carbocycles. The van der Waals surface area contributed by atoms with Gasteiger partial charge in [-0.25, -0.2) is 19.9 Å². The van der Waals surface area contributed by atoms with Crippen LogP contribution in [0.3, 0.4) is 0 Å². The summed E-state index contributed by atoms with van der Waals surface area (Å²) in [5, 5.41) is 3.52. The van der Waals surface area contributed by atoms with Crippen LogP contribution in [0.25, 0.3) is 89.4 Å². The molecule has 4 nitrogen and oxygen atoms in total. The Hall–Kier alpha value is -7.99. The molecule has 2 aliphatic rings. The number of hydrogen-bond donors (Lipinski definition) is 0. The van der Waals surface area contributed by atoms with E-state index in [4.69, 9.17) is 19.9 Å². The van der Waals surface area contributed by atoms with Gasteiger partial charge in [-0.15, -0.1) is 0 Å². The van der Waals surface area contributed by atoms with Crippen molar-refractivity contribution in [1.82, 2.24) is 19.9 Å². The molecule has 0 N–H and O–H groups in total. The fraction of sp³-hybridized carbons (Fsp3) is 0.0169. The van der Waals surface area contributed by atoms with Gasteiger partial charge in [0.15, 0.2) is 17.5 Å². The summed E-state index contributed by atoms with van der Waals surface area (Å²) in [5.41, 5.74) is 15.6. The topological polar surface area (TPSA) is 51.6 Å². The van der Waals surface area contributed by atoms with E-state index in [1.54, 1.807) is 0 Å². The fourth-order valence-electron chi connectivity index (χ4n) is 10.1. The number of nitrogens with zero attached hydrogens (tertiary/aromatic N) is 4. The summed E-state index contributed by atoms with van der Waals surface area (Å²) in [6.45, 7) is 0. The lowest BCUT2D eigenvalue weighted by Gasteiger charge is -2.40. The van der Waals surface area contributed by atoms with Crippen molar-refractivity contribution < 1.29 is 0 Å². The van der Waals surface area contributed by atoms with E-state index in [9.17, 15) is 0 Å². The molecule has 13 rings (SSSR count). The Morgan fingerprint density at radius 1 is 0.297 bits per heavy atom. The number of benzene rings is 9. The first kappa shape index (κ1) is 36.6. The lowest BCUT2D eigenvalue weighted by Crippen LogP contribution is -2.32. The van der Waals surface area contributed by atoms with Gasteiger partial charge in [-0.1, -0.05) is 206 Å². The Morgan fingerprint density at radius 2 is 0.766 bits per heavy atom. The molecule has 0 amide bonds. The van der Waals surface area contributed by atoms with Gasteiger partial charge in [0.05, 0.1) is 16.6 Å². The number of fused-ring (bicyclic) bond motifs is 12. The minimum atomic E-state index is -0.446. The lowest BCUT2D eigenvalue weighted by molar-refractivity contribution is 0.724. The molecule has 2 aromatic heterocycles. The number of aromatic nitrogens is 4. The van der Waals surface area contributed by atoms with E-state index < -0.39 is 5.41 Å². The van der Waals surface area contributed by atoms with Crippen LogP contribution in [-0.4, -0.2) is 19.9 Å². The van der Waals surface area contributed by atoms with E-state index in [2.05, 4.69) is 158 Å². The second-order valence-electron chi connectivity index (χ2n) is 16.5. The quantitative estimate of drug-likeness (QED) is 0.162. The van der Waals surface area contributed by atoms with E-state index >= 15 is 0 Å². The molecule has 0 radical (unpaired) electrons. The molecular weight excluding hydrogens is 797 g/mol. The van der Waals surface area contributed by atoms with Crippen molar-refractivity contribution in [2.24, 2.45) is 0 Å². The normalized spacial score (nSPS) is 13.1. The predicted octanol–water partition coefficient (Wildman–Crippen LogP) is 14.7. The molecule has 11 aromatic rings. The van der Waals surface area contributed by atoms with Crippen molar-refractivity contribution in [2.75, 3.05) is 0 Å². The SMILES string of the molecule is c1ccc(-c2nc(-c3ccccc3)nc(-c3ccc(-c4ccc(-c5nc6ccccc6c6cc7c(cc56)Sc5ccccc5C75c6ccccc6-c6ccccc65)cc4)cc3)n2)cc1. The first-order chi connectivity index (χ1) is 31.7. The largest absolute Gasteiger partial charge is 0.247 e. The van der Waals surface area contributed by atoms with E-state index in [0.29, 0.717) is 17.5 Å². The van der Waals surface area contributed by atoms with Crippen molar-refractivity contribution in [3.8, 4) is 67.7 Å². The van der Waals surface area contributed by atoms with Crippen LogP contribution < -0.4 is 0 Å². The average Bonchev–Trinajstić information content (AvgIpc) is 3.66. The highest BCUT2D eigenvalue weighted by Gasteiger charge is 2.50. The average molecular weight is 833 g/mol. The van der Waals surface area contributed by atoms with E-state index in [1.807, 2.05) is 72.4 Å². The van der Waals surface area contributed by atoms with Gasteiger partial charge in [-0.3, -0.25) is 0 Å². The Balaban J connectivity index is 0.915. The Bertz CT molecular complexity index is 3520. The highest BCUT2D eigenvalue weighted by atomic mass is 32.2. The van der Waals surface area contributed by atoms with E-state index in [1.165, 1.54) is 48.6 Å². The van der Waals surface area contributed by atoms with E-state index in [-0.39, 0.29) is 0 Å². The molecule has 0 bridgehead atoms. The highest BCUT2D eigenvalue weighted by Crippen LogP contribution is 2.62. The molecule has 0 unspecified atom stereocenters. The standard InChI is InChI=1S/C59H36N4S/c1-3-15-40(16-4-1)56-61-57(41-17-5-2-6-18-41)63-58(62-56)42-33-29-38(30-34-42)37-27-31-39(32-28-37)55-47-36-54-51(35-46(47)45-21-9-13-25-52(45)60-55)59(50-24-12-14-26-53(50)64-54)48-22-10-7-19-43(48)44-20-8-11-23-49(44)59/h1-36H. The van der Waals surface area contributed by atoms with Crippen molar-refractivity contribution in [1.29, 1.82) is 0 Å². The zero-order valence-electron chi connectivity index (χ0n) is 34.5. The second kappa shape index (κ2) is 14.6. The van der Waals surface area contributed by atoms with Crippen molar-refractivity contribution in [3.05, 3.63) is 241 Å². The number of para-hydroxylation sites is 1. The van der Waals surface area contributed by atoms with Crippen LogP contribution in [0, 0.1) is 0 Å². The first-order valence-electron chi connectivity index (χ1n) is 21.6. The summed E-state index contributed by atoms with van der Waals surface area (Å²) in [7, 11) is 0. The van der Waals surface area contributed by atoms with Crippen molar-refractivity contribution >= 4 is 33.4 Å². The monoisotopic (exact) mass is 832 g/mol. The minimum absolute atomic E-state index is 0.446. The van der Waals surface area contributed by atoms with Crippen LogP contribution in [0.1, 0.15) is 22.3 Å². The molecule has 1 spiro atoms. The molecule has 1 aliphatic heterocycles. The summed E-state index contributed by atoms with van der Waals surface area (Å²) in [5.74, 6) is 1.94. The summed E-state index contributed by atoms with van der Waals surface area (Å²) in [6, 6.07) is 78.1. The highest BCUT2D eigenvalue weighted by molar-refractivity contribution is 7.99. The summed E-state index contributed by atoms with van der Waals surface area (Å²) in [6.07, 6.45) is 0. The summed E-state index contributed by atoms with van der Waals surface area (Å²) < 4.78 is 0. The first-order valence-corrected chi connectivity index (χ1v) is 22.4. The second-order valence-corrected chi connectivity index (χ2v) is 17.6. The number of hydrogen-bond acceptors (Lipinski definition) is 5. The van der Waals surface area contributed by atoms with Crippen LogP contribution in [0.5, 0.6) is 0 Å². The third-order valence-corrected chi connectivity index (χ3v) is 14.1. The molecule has 0 fully saturated rings. The van der Waals surface area contributed by atoms with Crippen LogP contribution in [0.4, 0.5) is 0 Å². The van der Waals surface area contributed by atoms with Gasteiger partial charge in [-0.2, -0.15) is 0 Å². The molecule has 1 aliphatic carbocycles. The van der Waals surface area contributed by atoms with Gasteiger partial charge in [-0.05, 0) is 74.2 Å².